The van der Waals surface area contributed by atoms with Crippen LogP contribution in [0.25, 0.3) is 0 Å². The van der Waals surface area contributed by atoms with Gasteiger partial charge in [0.1, 0.15) is 5.75 Å². The number of anilines is 1. The van der Waals surface area contributed by atoms with Crippen molar-refractivity contribution in [3.05, 3.63) is 54.1 Å². The molecule has 112 valence electrons. The minimum Gasteiger partial charge on any atom is -0.496 e. The van der Waals surface area contributed by atoms with Gasteiger partial charge in [0, 0.05) is 12.6 Å². The first-order valence-electron chi connectivity index (χ1n) is 6.27. The molecule has 0 spiro atoms. The van der Waals surface area contributed by atoms with Gasteiger partial charge in [-0.3, -0.25) is 4.31 Å². The molecule has 0 saturated carbocycles. The van der Waals surface area contributed by atoms with Crippen molar-refractivity contribution in [3.63, 3.8) is 0 Å². The van der Waals surface area contributed by atoms with E-state index in [1.54, 1.807) is 36.4 Å². The van der Waals surface area contributed by atoms with Crippen molar-refractivity contribution in [2.75, 3.05) is 18.5 Å². The van der Waals surface area contributed by atoms with Gasteiger partial charge in [-0.05, 0) is 30.3 Å². The lowest BCUT2D eigenvalue weighted by Crippen LogP contribution is -2.26. The highest BCUT2D eigenvalue weighted by atomic mass is 35.5. The maximum atomic E-state index is 12.6. The van der Waals surface area contributed by atoms with E-state index in [0.717, 1.165) is 0 Å². The number of halogens is 1. The van der Waals surface area contributed by atoms with Crippen LogP contribution in [0.2, 0.25) is 0 Å². The van der Waals surface area contributed by atoms with Crippen LogP contribution in [-0.4, -0.2) is 22.6 Å². The lowest BCUT2D eigenvalue weighted by Gasteiger charge is -2.20. The molecule has 0 aliphatic rings. The van der Waals surface area contributed by atoms with Crippen molar-refractivity contribution in [2.45, 2.75) is 10.8 Å². The van der Waals surface area contributed by atoms with Crippen molar-refractivity contribution >= 4 is 27.3 Å². The van der Waals surface area contributed by atoms with Gasteiger partial charge >= 0.3 is 0 Å². The van der Waals surface area contributed by atoms with Gasteiger partial charge < -0.3 is 4.74 Å². The van der Waals surface area contributed by atoms with Crippen LogP contribution in [0, 0.1) is 0 Å². The molecule has 2 rings (SSSR count). The summed E-state index contributed by atoms with van der Waals surface area (Å²) in [6, 6.07) is 13.6. The van der Waals surface area contributed by atoms with E-state index in [-0.39, 0.29) is 10.8 Å². The number of methoxy groups -OCH3 is 1. The molecule has 0 bridgehead atoms. The molecule has 0 N–H and O–H groups in total. The topological polar surface area (TPSA) is 46.6 Å². The Morgan fingerprint density at radius 2 is 1.81 bits per heavy atom. The van der Waals surface area contributed by atoms with E-state index >= 15 is 0 Å². The summed E-state index contributed by atoms with van der Waals surface area (Å²) in [6.45, 7) is 0. The van der Waals surface area contributed by atoms with E-state index in [1.165, 1.54) is 24.5 Å². The molecular formula is C15H16ClNO3S. The van der Waals surface area contributed by atoms with Crippen molar-refractivity contribution < 1.29 is 13.2 Å². The average molecular weight is 326 g/mol. The number of rotatable bonds is 5. The van der Waals surface area contributed by atoms with Gasteiger partial charge in [-0.25, -0.2) is 8.42 Å². The Labute approximate surface area is 130 Å². The molecule has 4 nitrogen and oxygen atoms in total. The molecule has 21 heavy (non-hydrogen) atoms. The first kappa shape index (κ1) is 15.7. The van der Waals surface area contributed by atoms with Gasteiger partial charge in [-0.2, -0.15) is 0 Å². The third-order valence-corrected chi connectivity index (χ3v) is 5.24. The summed E-state index contributed by atoms with van der Waals surface area (Å²) in [4.78, 5) is 0.185. The Morgan fingerprint density at radius 3 is 2.38 bits per heavy atom. The Hall–Kier alpha value is -1.72. The maximum Gasteiger partial charge on any atom is 0.264 e. The highest BCUT2D eigenvalue weighted by Crippen LogP contribution is 2.27. The van der Waals surface area contributed by atoms with Gasteiger partial charge in [0.15, 0.2) is 0 Å². The Morgan fingerprint density at radius 1 is 1.14 bits per heavy atom. The summed E-state index contributed by atoms with van der Waals surface area (Å²) >= 11 is 5.84. The molecule has 6 heteroatoms. The quantitative estimate of drug-likeness (QED) is 0.793. The number of benzene rings is 2. The minimum absolute atomic E-state index is 0.182. The third kappa shape index (κ3) is 3.14. The third-order valence-electron chi connectivity index (χ3n) is 3.17. The summed E-state index contributed by atoms with van der Waals surface area (Å²) in [5.74, 6) is 0.757. The monoisotopic (exact) mass is 325 g/mol. The summed E-state index contributed by atoms with van der Waals surface area (Å²) in [5, 5.41) is 0. The van der Waals surface area contributed by atoms with Crippen LogP contribution in [0.15, 0.2) is 53.4 Å². The first-order valence-corrected chi connectivity index (χ1v) is 8.25. The highest BCUT2D eigenvalue weighted by molar-refractivity contribution is 7.92. The van der Waals surface area contributed by atoms with E-state index in [1.807, 2.05) is 6.07 Å². The average Bonchev–Trinajstić information content (AvgIpc) is 2.54. The fourth-order valence-corrected chi connectivity index (χ4v) is 3.41. The molecule has 0 unspecified atom stereocenters. The number of alkyl halides is 1. The fraction of sp³-hybridized carbons (Fsp3) is 0.200. The number of hydrogen-bond acceptors (Lipinski definition) is 3. The van der Waals surface area contributed by atoms with E-state index < -0.39 is 10.0 Å². The van der Waals surface area contributed by atoms with E-state index in [0.29, 0.717) is 17.0 Å². The molecule has 0 aliphatic heterocycles. The van der Waals surface area contributed by atoms with Gasteiger partial charge in [0.2, 0.25) is 0 Å². The van der Waals surface area contributed by atoms with Crippen LogP contribution in [0.5, 0.6) is 5.75 Å². The van der Waals surface area contributed by atoms with Crippen LogP contribution in [0.4, 0.5) is 5.69 Å². The lowest BCUT2D eigenvalue weighted by atomic mass is 10.2. The number of sulfonamides is 1. The number of hydrogen-bond donors (Lipinski definition) is 0. The number of ether oxygens (including phenoxy) is 1. The van der Waals surface area contributed by atoms with Gasteiger partial charge in [-0.1, -0.05) is 18.2 Å². The predicted molar refractivity (Wildman–Crippen MR) is 84.6 cm³/mol. The molecule has 0 atom stereocenters. The van der Waals surface area contributed by atoms with Crippen molar-refractivity contribution in [1.29, 1.82) is 0 Å². The van der Waals surface area contributed by atoms with E-state index in [9.17, 15) is 8.42 Å². The van der Waals surface area contributed by atoms with Gasteiger partial charge in [-0.15, -0.1) is 11.6 Å². The molecule has 0 saturated heterocycles. The van der Waals surface area contributed by atoms with Crippen molar-refractivity contribution in [3.8, 4) is 5.75 Å². The second-order valence-corrected chi connectivity index (χ2v) is 6.65. The van der Waals surface area contributed by atoms with Crippen molar-refractivity contribution in [2.24, 2.45) is 0 Å². The summed E-state index contributed by atoms with van der Waals surface area (Å²) < 4.78 is 31.7. The van der Waals surface area contributed by atoms with Gasteiger partial charge in [0.25, 0.3) is 10.0 Å². The van der Waals surface area contributed by atoms with Crippen LogP contribution >= 0.6 is 11.6 Å². The SMILES string of the molecule is COc1ccc(S(=O)(=O)N(C)c2ccccc2)cc1CCl. The van der Waals surface area contributed by atoms with Crippen LogP contribution in [-0.2, 0) is 15.9 Å². The number of para-hydroxylation sites is 1. The maximum absolute atomic E-state index is 12.6. The Bertz CT molecular complexity index is 717. The zero-order valence-corrected chi connectivity index (χ0v) is 13.4. The molecular weight excluding hydrogens is 310 g/mol. The molecule has 0 aromatic heterocycles. The zero-order chi connectivity index (χ0) is 15.5. The smallest absolute Gasteiger partial charge is 0.264 e. The first-order chi connectivity index (χ1) is 10.0. The van der Waals surface area contributed by atoms with Crippen LogP contribution in [0.1, 0.15) is 5.56 Å². The molecule has 2 aromatic rings. The standard InChI is InChI=1S/C15H16ClNO3S/c1-17(13-6-4-3-5-7-13)21(18,19)14-8-9-15(20-2)12(10-14)11-16/h3-10H,11H2,1-2H3. The molecule has 0 heterocycles. The molecule has 2 aromatic carbocycles. The summed E-state index contributed by atoms with van der Waals surface area (Å²) in [7, 11) is -0.584. The van der Waals surface area contributed by atoms with E-state index in [2.05, 4.69) is 0 Å². The van der Waals surface area contributed by atoms with Crippen LogP contribution in [0.3, 0.4) is 0 Å². The molecule has 0 fully saturated rings. The van der Waals surface area contributed by atoms with E-state index in [4.69, 9.17) is 16.3 Å². The van der Waals surface area contributed by atoms with Crippen LogP contribution < -0.4 is 9.04 Å². The highest BCUT2D eigenvalue weighted by Gasteiger charge is 2.22. The normalized spacial score (nSPS) is 11.2. The molecule has 0 radical (unpaired) electrons. The molecule has 0 amide bonds. The second kappa shape index (κ2) is 6.37. The fourth-order valence-electron chi connectivity index (χ4n) is 1.95. The molecule has 0 aliphatic carbocycles. The van der Waals surface area contributed by atoms with Gasteiger partial charge in [0.05, 0.1) is 23.6 Å². The summed E-state index contributed by atoms with van der Waals surface area (Å²) in [6.07, 6.45) is 0. The predicted octanol–water partition coefficient (Wildman–Crippen LogP) is 3.26. The summed E-state index contributed by atoms with van der Waals surface area (Å²) in [5.41, 5.74) is 1.24. The van der Waals surface area contributed by atoms with Crippen molar-refractivity contribution in [1.82, 2.24) is 0 Å². The lowest BCUT2D eigenvalue weighted by molar-refractivity contribution is 0.411. The largest absolute Gasteiger partial charge is 0.496 e. The number of nitrogens with zero attached hydrogens (tertiary/aromatic N) is 1. The Balaban J connectivity index is 2.45. The Kier molecular flexibility index (Phi) is 4.75. The zero-order valence-electron chi connectivity index (χ0n) is 11.8. The second-order valence-electron chi connectivity index (χ2n) is 4.42. The minimum atomic E-state index is -3.63.